The van der Waals surface area contributed by atoms with Crippen molar-refractivity contribution in [2.75, 3.05) is 26.7 Å². The standard InChI is InChI=1S/C30H44N4O.C2H6/c1-9-23(16-21(4)22(5)32-19-31-8)29-28(20(2)3)26-17-25(10-11-27(26)33-29)24-12-14-34(15-13-24)18-30(6,7)35;1-2/h9-11,16-17,19-20,24,33,35H,12-15,18H2,1-8H3;1-2H3/b21-16-,23-9+,31-19?,32-22?;. The minimum absolute atomic E-state index is 0.397. The number of fused-ring (bicyclic) bond motifs is 1. The van der Waals surface area contributed by atoms with Crippen LogP contribution in [-0.2, 0) is 0 Å². The third kappa shape index (κ3) is 8.24. The molecule has 0 saturated carbocycles. The van der Waals surface area contributed by atoms with Gasteiger partial charge in [0.25, 0.3) is 0 Å². The van der Waals surface area contributed by atoms with Gasteiger partial charge in [-0.3, -0.25) is 4.99 Å². The first-order chi connectivity index (χ1) is 17.5. The molecule has 5 heteroatoms. The Morgan fingerprint density at radius 1 is 1.19 bits per heavy atom. The molecule has 0 atom stereocenters. The lowest BCUT2D eigenvalue weighted by Gasteiger charge is -2.35. The maximum atomic E-state index is 10.2. The topological polar surface area (TPSA) is 64.0 Å². The number of benzene rings is 1. The lowest BCUT2D eigenvalue weighted by molar-refractivity contribution is 0.0282. The number of aromatic nitrogens is 1. The van der Waals surface area contributed by atoms with Crippen LogP contribution in [0.1, 0.15) is 104 Å². The van der Waals surface area contributed by atoms with Crippen molar-refractivity contribution in [1.82, 2.24) is 9.88 Å². The van der Waals surface area contributed by atoms with Gasteiger partial charge >= 0.3 is 0 Å². The molecule has 0 amide bonds. The van der Waals surface area contributed by atoms with Gasteiger partial charge in [0, 0.05) is 35.9 Å². The van der Waals surface area contributed by atoms with E-state index in [9.17, 15) is 5.11 Å². The summed E-state index contributed by atoms with van der Waals surface area (Å²) in [6.45, 7) is 21.4. The lowest BCUT2D eigenvalue weighted by Crippen LogP contribution is -2.42. The van der Waals surface area contributed by atoms with Crippen LogP contribution in [0.2, 0.25) is 0 Å². The monoisotopic (exact) mass is 506 g/mol. The van der Waals surface area contributed by atoms with E-state index < -0.39 is 5.60 Å². The van der Waals surface area contributed by atoms with E-state index in [1.54, 1.807) is 13.4 Å². The number of allylic oxidation sites excluding steroid dienone is 4. The number of aromatic amines is 1. The van der Waals surface area contributed by atoms with Crippen LogP contribution in [0.4, 0.5) is 0 Å². The average Bonchev–Trinajstić information content (AvgIpc) is 3.25. The molecule has 1 aliphatic heterocycles. The fourth-order valence-corrected chi connectivity index (χ4v) is 5.17. The summed E-state index contributed by atoms with van der Waals surface area (Å²) in [4.78, 5) is 14.5. The summed E-state index contributed by atoms with van der Waals surface area (Å²) in [5.74, 6) is 0.964. The average molecular weight is 507 g/mol. The molecule has 1 aromatic heterocycles. The Morgan fingerprint density at radius 3 is 2.38 bits per heavy atom. The lowest BCUT2D eigenvalue weighted by atomic mass is 9.87. The SMILES string of the molecule is C/C=C(\C=C(\C)C(C)=NC=NC)c1[nH]c2ccc(C3CCN(CC(C)(C)O)CC3)cc2c1C(C)C.CC. The zero-order valence-electron chi connectivity index (χ0n) is 24.9. The fourth-order valence-electron chi connectivity index (χ4n) is 5.17. The second-order valence-electron chi connectivity index (χ2n) is 10.9. The van der Waals surface area contributed by atoms with Gasteiger partial charge < -0.3 is 15.0 Å². The Kier molecular flexibility index (Phi) is 11.5. The van der Waals surface area contributed by atoms with Crippen molar-refractivity contribution < 1.29 is 5.11 Å². The summed E-state index contributed by atoms with van der Waals surface area (Å²) in [6.07, 6.45) is 8.27. The first-order valence-electron chi connectivity index (χ1n) is 13.9. The molecule has 0 unspecified atom stereocenters. The minimum atomic E-state index is -0.634. The van der Waals surface area contributed by atoms with Crippen LogP contribution >= 0.6 is 0 Å². The van der Waals surface area contributed by atoms with E-state index in [2.05, 4.69) is 77.9 Å². The molecule has 1 aromatic carbocycles. The first kappa shape index (κ1) is 30.7. The van der Waals surface area contributed by atoms with Crippen molar-refractivity contribution >= 4 is 28.5 Å². The van der Waals surface area contributed by atoms with Gasteiger partial charge in [0.2, 0.25) is 0 Å². The number of likely N-dealkylation sites (tertiary alicyclic amines) is 1. The molecule has 0 spiro atoms. The van der Waals surface area contributed by atoms with E-state index in [0.717, 1.165) is 43.8 Å². The van der Waals surface area contributed by atoms with Crippen LogP contribution in [0, 0.1) is 0 Å². The van der Waals surface area contributed by atoms with Gasteiger partial charge in [-0.25, -0.2) is 4.99 Å². The number of nitrogens with zero attached hydrogens (tertiary/aromatic N) is 3. The number of aliphatic imine (C=N–C) groups is 2. The highest BCUT2D eigenvalue weighted by Crippen LogP contribution is 2.37. The first-order valence-corrected chi connectivity index (χ1v) is 13.9. The maximum Gasteiger partial charge on any atom is 0.109 e. The van der Waals surface area contributed by atoms with Crippen LogP contribution in [0.25, 0.3) is 16.5 Å². The molecule has 2 aromatic rings. The molecule has 3 rings (SSSR count). The van der Waals surface area contributed by atoms with Gasteiger partial charge in [-0.15, -0.1) is 0 Å². The zero-order valence-corrected chi connectivity index (χ0v) is 24.9. The quantitative estimate of drug-likeness (QED) is 0.218. The normalized spacial score (nSPS) is 17.1. The highest BCUT2D eigenvalue weighted by molar-refractivity contribution is 6.04. The molecule has 0 radical (unpaired) electrons. The number of hydrogen-bond donors (Lipinski definition) is 2. The fraction of sp³-hybridized carbons (Fsp3) is 0.562. The van der Waals surface area contributed by atoms with E-state index in [4.69, 9.17) is 0 Å². The smallest absolute Gasteiger partial charge is 0.109 e. The molecular weight excluding hydrogens is 456 g/mol. The zero-order chi connectivity index (χ0) is 27.8. The number of H-pyrrole nitrogens is 1. The Hall–Kier alpha value is -2.50. The Labute approximate surface area is 225 Å². The molecule has 5 nitrogen and oxygen atoms in total. The van der Waals surface area contributed by atoms with Crippen LogP contribution in [0.5, 0.6) is 0 Å². The highest BCUT2D eigenvalue weighted by atomic mass is 16.3. The van der Waals surface area contributed by atoms with E-state index >= 15 is 0 Å². The van der Waals surface area contributed by atoms with Crippen molar-refractivity contribution in [1.29, 1.82) is 0 Å². The summed E-state index contributed by atoms with van der Waals surface area (Å²) in [7, 11) is 1.74. The summed E-state index contributed by atoms with van der Waals surface area (Å²) >= 11 is 0. The number of piperidine rings is 1. The van der Waals surface area contributed by atoms with E-state index in [1.165, 1.54) is 33.3 Å². The van der Waals surface area contributed by atoms with Crippen molar-refractivity contribution in [2.24, 2.45) is 9.98 Å². The Balaban J connectivity index is 0.00000235. The molecular formula is C32H50N4O. The molecule has 204 valence electrons. The van der Waals surface area contributed by atoms with Crippen molar-refractivity contribution in [3.63, 3.8) is 0 Å². The summed E-state index contributed by atoms with van der Waals surface area (Å²) in [5, 5.41) is 11.5. The number of hydrogen-bond acceptors (Lipinski definition) is 3. The molecule has 37 heavy (non-hydrogen) atoms. The maximum absolute atomic E-state index is 10.2. The largest absolute Gasteiger partial charge is 0.389 e. The number of aliphatic hydroxyl groups is 1. The van der Waals surface area contributed by atoms with Crippen molar-refractivity contribution in [2.45, 2.75) is 92.6 Å². The molecule has 0 bridgehead atoms. The number of β-amino-alcohol motifs (C(OH)–C–C–N with tert-alkyl or cyclic N) is 1. The predicted molar refractivity (Wildman–Crippen MR) is 163 cm³/mol. The van der Waals surface area contributed by atoms with Crippen LogP contribution in [-0.4, -0.2) is 59.3 Å². The van der Waals surface area contributed by atoms with Gasteiger partial charge in [0.15, 0.2) is 0 Å². The van der Waals surface area contributed by atoms with E-state index in [-0.39, 0.29) is 0 Å². The van der Waals surface area contributed by atoms with Gasteiger partial charge in [-0.1, -0.05) is 39.8 Å². The second kappa shape index (κ2) is 13.9. The highest BCUT2D eigenvalue weighted by Gasteiger charge is 2.25. The molecule has 2 N–H and O–H groups in total. The van der Waals surface area contributed by atoms with Gasteiger partial charge in [0.05, 0.1) is 5.60 Å². The van der Waals surface area contributed by atoms with Crippen LogP contribution in [0.15, 0.2) is 45.9 Å². The van der Waals surface area contributed by atoms with E-state index in [1.807, 2.05) is 34.6 Å². The Morgan fingerprint density at radius 2 is 1.84 bits per heavy atom. The van der Waals surface area contributed by atoms with E-state index in [0.29, 0.717) is 11.8 Å². The summed E-state index contributed by atoms with van der Waals surface area (Å²) < 4.78 is 0. The molecule has 2 heterocycles. The molecule has 1 fully saturated rings. The summed E-state index contributed by atoms with van der Waals surface area (Å²) in [6, 6.07) is 6.99. The molecule has 1 saturated heterocycles. The number of rotatable bonds is 8. The van der Waals surface area contributed by atoms with Crippen molar-refractivity contribution in [3.8, 4) is 0 Å². The van der Waals surface area contributed by atoms with Gasteiger partial charge in [0.1, 0.15) is 6.34 Å². The molecule has 1 aliphatic rings. The Bertz CT molecular complexity index is 1130. The third-order valence-corrected chi connectivity index (χ3v) is 7.02. The summed E-state index contributed by atoms with van der Waals surface area (Å²) in [5.41, 5.74) is 7.86. The predicted octanol–water partition coefficient (Wildman–Crippen LogP) is 7.74. The van der Waals surface area contributed by atoms with Gasteiger partial charge in [-0.2, -0.15) is 0 Å². The van der Waals surface area contributed by atoms with Crippen molar-refractivity contribution in [3.05, 3.63) is 52.7 Å². The van der Waals surface area contributed by atoms with Crippen LogP contribution < -0.4 is 0 Å². The van der Waals surface area contributed by atoms with Gasteiger partial charge in [-0.05, 0) is 113 Å². The number of nitrogens with one attached hydrogen (secondary N) is 1. The third-order valence-electron chi connectivity index (χ3n) is 7.02. The second-order valence-corrected chi connectivity index (χ2v) is 10.9. The van der Waals surface area contributed by atoms with Crippen LogP contribution in [0.3, 0.4) is 0 Å². The molecule has 0 aliphatic carbocycles. The minimum Gasteiger partial charge on any atom is -0.389 e.